The number of hydrogen-bond donors (Lipinski definition) is 0. The maximum atomic E-state index is 12.5. The van der Waals surface area contributed by atoms with E-state index in [9.17, 15) is 4.79 Å². The number of rotatable bonds is 6. The van der Waals surface area contributed by atoms with Crippen LogP contribution in [0.5, 0.6) is 5.75 Å². The minimum absolute atomic E-state index is 0.0949. The summed E-state index contributed by atoms with van der Waals surface area (Å²) < 4.78 is 5.83. The molecule has 0 radical (unpaired) electrons. The molecule has 2 aromatic carbocycles. The number of allylic oxidation sites excluding steroid dienone is 1. The standard InChI is InChI=1S/C21H17NO2/c23-20(13-12-17-9-6-14-22-15-17)19-10-4-5-11-21(19)24-16-18-7-2-1-3-8-18/h1-15H,16H2/b13-12+. The lowest BCUT2D eigenvalue weighted by Crippen LogP contribution is -2.02. The molecule has 3 rings (SSSR count). The van der Waals surface area contributed by atoms with Gasteiger partial charge in [0, 0.05) is 12.4 Å². The Morgan fingerprint density at radius 1 is 0.958 bits per heavy atom. The van der Waals surface area contributed by atoms with E-state index in [1.807, 2.05) is 60.7 Å². The summed E-state index contributed by atoms with van der Waals surface area (Å²) in [7, 11) is 0. The average molecular weight is 315 g/mol. The van der Waals surface area contributed by atoms with E-state index in [1.54, 1.807) is 30.6 Å². The number of nitrogens with zero attached hydrogens (tertiary/aromatic N) is 1. The normalized spacial score (nSPS) is 10.7. The Kier molecular flexibility index (Phi) is 5.15. The van der Waals surface area contributed by atoms with Gasteiger partial charge in [-0.25, -0.2) is 0 Å². The molecule has 0 saturated carbocycles. The van der Waals surface area contributed by atoms with Gasteiger partial charge in [-0.15, -0.1) is 0 Å². The molecule has 0 unspecified atom stereocenters. The molecule has 0 N–H and O–H groups in total. The lowest BCUT2D eigenvalue weighted by Gasteiger charge is -2.09. The molecule has 0 aliphatic rings. The fraction of sp³-hybridized carbons (Fsp3) is 0.0476. The predicted octanol–water partition coefficient (Wildman–Crippen LogP) is 4.56. The second-order valence-electron chi connectivity index (χ2n) is 5.25. The van der Waals surface area contributed by atoms with Gasteiger partial charge in [0.05, 0.1) is 5.56 Å². The third-order valence-electron chi connectivity index (χ3n) is 3.50. The lowest BCUT2D eigenvalue weighted by molar-refractivity contribution is 0.104. The van der Waals surface area contributed by atoms with Crippen molar-refractivity contribution in [3.05, 3.63) is 102 Å². The highest BCUT2D eigenvalue weighted by atomic mass is 16.5. The minimum atomic E-state index is -0.0949. The molecule has 1 aromatic heterocycles. The van der Waals surface area contributed by atoms with Crippen molar-refractivity contribution >= 4 is 11.9 Å². The van der Waals surface area contributed by atoms with Crippen molar-refractivity contribution in [3.63, 3.8) is 0 Å². The van der Waals surface area contributed by atoms with Gasteiger partial charge >= 0.3 is 0 Å². The van der Waals surface area contributed by atoms with Gasteiger partial charge in [-0.1, -0.05) is 48.5 Å². The van der Waals surface area contributed by atoms with E-state index in [4.69, 9.17) is 4.74 Å². The molecule has 118 valence electrons. The Labute approximate surface area is 141 Å². The third-order valence-corrected chi connectivity index (χ3v) is 3.50. The van der Waals surface area contributed by atoms with Crippen LogP contribution in [0.25, 0.3) is 6.08 Å². The highest BCUT2D eigenvalue weighted by molar-refractivity contribution is 6.08. The molecule has 3 aromatic rings. The van der Waals surface area contributed by atoms with E-state index in [1.165, 1.54) is 0 Å². The van der Waals surface area contributed by atoms with Crippen LogP contribution < -0.4 is 4.74 Å². The van der Waals surface area contributed by atoms with Crippen molar-refractivity contribution < 1.29 is 9.53 Å². The Balaban J connectivity index is 1.73. The van der Waals surface area contributed by atoms with Crippen LogP contribution in [0.3, 0.4) is 0 Å². The van der Waals surface area contributed by atoms with Crippen molar-refractivity contribution in [1.29, 1.82) is 0 Å². The van der Waals surface area contributed by atoms with E-state index in [0.29, 0.717) is 17.9 Å². The van der Waals surface area contributed by atoms with Crippen LogP contribution in [0.15, 0.2) is 85.2 Å². The zero-order valence-corrected chi connectivity index (χ0v) is 13.1. The Hall–Kier alpha value is -3.20. The second-order valence-corrected chi connectivity index (χ2v) is 5.25. The largest absolute Gasteiger partial charge is 0.488 e. The van der Waals surface area contributed by atoms with Gasteiger partial charge in [0.15, 0.2) is 5.78 Å². The number of hydrogen-bond acceptors (Lipinski definition) is 3. The van der Waals surface area contributed by atoms with Crippen molar-refractivity contribution in [1.82, 2.24) is 4.98 Å². The smallest absolute Gasteiger partial charge is 0.189 e. The van der Waals surface area contributed by atoms with Crippen molar-refractivity contribution in [2.24, 2.45) is 0 Å². The molecule has 0 amide bonds. The summed E-state index contributed by atoms with van der Waals surface area (Å²) in [6, 6.07) is 20.9. The molecule has 0 fully saturated rings. The number of ether oxygens (including phenoxy) is 1. The molecule has 0 spiro atoms. The summed E-state index contributed by atoms with van der Waals surface area (Å²) in [4.78, 5) is 16.5. The molecule has 0 bridgehead atoms. The van der Waals surface area contributed by atoms with E-state index in [2.05, 4.69) is 4.98 Å². The Bertz CT molecular complexity index is 827. The monoisotopic (exact) mass is 315 g/mol. The first-order valence-electron chi connectivity index (χ1n) is 7.71. The summed E-state index contributed by atoms with van der Waals surface area (Å²) in [6.45, 7) is 0.428. The van der Waals surface area contributed by atoms with Crippen LogP contribution in [0.1, 0.15) is 21.5 Å². The van der Waals surface area contributed by atoms with Crippen LogP contribution in [0.4, 0.5) is 0 Å². The van der Waals surface area contributed by atoms with Crippen LogP contribution in [-0.4, -0.2) is 10.8 Å². The van der Waals surface area contributed by atoms with Gasteiger partial charge in [0.2, 0.25) is 0 Å². The van der Waals surface area contributed by atoms with Crippen LogP contribution in [-0.2, 0) is 6.61 Å². The highest BCUT2D eigenvalue weighted by Crippen LogP contribution is 2.20. The predicted molar refractivity (Wildman–Crippen MR) is 94.8 cm³/mol. The van der Waals surface area contributed by atoms with E-state index in [0.717, 1.165) is 11.1 Å². The zero-order valence-electron chi connectivity index (χ0n) is 13.1. The van der Waals surface area contributed by atoms with Crippen LogP contribution in [0.2, 0.25) is 0 Å². The Morgan fingerprint density at radius 2 is 1.75 bits per heavy atom. The summed E-state index contributed by atoms with van der Waals surface area (Å²) in [5, 5.41) is 0. The number of para-hydroxylation sites is 1. The number of aromatic nitrogens is 1. The van der Waals surface area contributed by atoms with Gasteiger partial charge in [-0.05, 0) is 41.5 Å². The zero-order chi connectivity index (χ0) is 16.6. The molecule has 3 heteroatoms. The molecule has 0 atom stereocenters. The molecule has 1 heterocycles. The van der Waals surface area contributed by atoms with Gasteiger partial charge in [0.1, 0.15) is 12.4 Å². The maximum absolute atomic E-state index is 12.5. The quantitative estimate of drug-likeness (QED) is 0.494. The fourth-order valence-corrected chi connectivity index (χ4v) is 2.27. The van der Waals surface area contributed by atoms with Gasteiger partial charge in [-0.2, -0.15) is 0 Å². The molecular formula is C21H17NO2. The maximum Gasteiger partial charge on any atom is 0.189 e. The number of benzene rings is 2. The minimum Gasteiger partial charge on any atom is -0.488 e. The molecule has 3 nitrogen and oxygen atoms in total. The summed E-state index contributed by atoms with van der Waals surface area (Å²) in [5.41, 5.74) is 2.49. The van der Waals surface area contributed by atoms with Gasteiger partial charge in [-0.3, -0.25) is 9.78 Å². The van der Waals surface area contributed by atoms with E-state index in [-0.39, 0.29) is 5.78 Å². The van der Waals surface area contributed by atoms with Gasteiger partial charge < -0.3 is 4.74 Å². The Morgan fingerprint density at radius 3 is 2.54 bits per heavy atom. The molecule has 0 aliphatic heterocycles. The summed E-state index contributed by atoms with van der Waals surface area (Å²) >= 11 is 0. The van der Waals surface area contributed by atoms with Crippen LogP contribution >= 0.6 is 0 Å². The fourth-order valence-electron chi connectivity index (χ4n) is 2.27. The summed E-state index contributed by atoms with van der Waals surface area (Å²) in [5.74, 6) is 0.490. The number of ketones is 1. The topological polar surface area (TPSA) is 39.2 Å². The number of carbonyl (C=O) groups is 1. The number of carbonyl (C=O) groups excluding carboxylic acids is 1. The average Bonchev–Trinajstić information content (AvgIpc) is 2.66. The third kappa shape index (κ3) is 4.17. The SMILES string of the molecule is O=C(/C=C/c1cccnc1)c1ccccc1OCc1ccccc1. The molecule has 0 aliphatic carbocycles. The summed E-state index contributed by atoms with van der Waals surface area (Å²) in [6.07, 6.45) is 6.71. The van der Waals surface area contributed by atoms with Crippen molar-refractivity contribution in [2.75, 3.05) is 0 Å². The number of pyridine rings is 1. The van der Waals surface area contributed by atoms with E-state index >= 15 is 0 Å². The molecular weight excluding hydrogens is 298 g/mol. The molecule has 24 heavy (non-hydrogen) atoms. The molecule has 0 saturated heterocycles. The first kappa shape index (κ1) is 15.7. The second kappa shape index (κ2) is 7.88. The van der Waals surface area contributed by atoms with Crippen molar-refractivity contribution in [3.8, 4) is 5.75 Å². The lowest BCUT2D eigenvalue weighted by atomic mass is 10.1. The first-order chi connectivity index (χ1) is 11.8. The van der Waals surface area contributed by atoms with Crippen molar-refractivity contribution in [2.45, 2.75) is 6.61 Å². The highest BCUT2D eigenvalue weighted by Gasteiger charge is 2.09. The van der Waals surface area contributed by atoms with E-state index < -0.39 is 0 Å². The first-order valence-corrected chi connectivity index (χ1v) is 7.71. The van der Waals surface area contributed by atoms with Crippen LogP contribution in [0, 0.1) is 0 Å². The van der Waals surface area contributed by atoms with Gasteiger partial charge in [0.25, 0.3) is 0 Å².